The van der Waals surface area contributed by atoms with Gasteiger partial charge in [0, 0.05) is 0 Å². The molecule has 0 aliphatic rings. The summed E-state index contributed by atoms with van der Waals surface area (Å²) < 4.78 is 4.97. The van der Waals surface area contributed by atoms with Crippen LogP contribution in [0.25, 0.3) is 0 Å². The van der Waals surface area contributed by atoms with Crippen LogP contribution >= 0.6 is 0 Å². The van der Waals surface area contributed by atoms with Crippen LogP contribution in [-0.4, -0.2) is 12.6 Å². The Labute approximate surface area is 86.1 Å². The van der Waals surface area contributed by atoms with Crippen LogP contribution in [-0.2, 0) is 9.53 Å². The van der Waals surface area contributed by atoms with Gasteiger partial charge in [-0.25, -0.2) is 0 Å². The Morgan fingerprint density at radius 1 is 1.50 bits per heavy atom. The van der Waals surface area contributed by atoms with Gasteiger partial charge in [-0.05, 0) is 12.3 Å². The molecule has 14 heavy (non-hydrogen) atoms. The van der Waals surface area contributed by atoms with Crippen LogP contribution in [0.15, 0.2) is 0 Å². The molecule has 3 heteroatoms. The van der Waals surface area contributed by atoms with Gasteiger partial charge < -0.3 is 4.74 Å². The van der Waals surface area contributed by atoms with E-state index in [-0.39, 0.29) is 6.42 Å². The number of carbonyl (C=O) groups is 1. The number of nitrogens with zero attached hydrogens (tertiary/aromatic N) is 1. The minimum atomic E-state index is -0.401. The molecule has 1 unspecified atom stereocenters. The Bertz CT molecular complexity index is 196. The predicted molar refractivity (Wildman–Crippen MR) is 54.5 cm³/mol. The Hall–Kier alpha value is -1.04. The van der Waals surface area contributed by atoms with Gasteiger partial charge in [-0.1, -0.05) is 33.1 Å². The van der Waals surface area contributed by atoms with Crippen LogP contribution in [0.1, 0.15) is 46.0 Å². The Morgan fingerprint density at radius 3 is 2.71 bits per heavy atom. The van der Waals surface area contributed by atoms with Gasteiger partial charge in [0.25, 0.3) is 0 Å². The first-order valence-corrected chi connectivity index (χ1v) is 5.27. The summed E-state index contributed by atoms with van der Waals surface area (Å²) in [5.74, 6) is 0.0556. The average Bonchev–Trinajstić information content (AvgIpc) is 2.19. The smallest absolute Gasteiger partial charge is 0.320 e. The van der Waals surface area contributed by atoms with Crippen LogP contribution in [0.4, 0.5) is 0 Å². The first-order valence-electron chi connectivity index (χ1n) is 5.27. The molecule has 0 saturated heterocycles. The molecule has 0 amide bonds. The van der Waals surface area contributed by atoms with Gasteiger partial charge in [0.15, 0.2) is 0 Å². The lowest BCUT2D eigenvalue weighted by atomic mass is 10.0. The van der Waals surface area contributed by atoms with Crippen molar-refractivity contribution in [3.63, 3.8) is 0 Å². The molecule has 1 atom stereocenters. The van der Waals surface area contributed by atoms with E-state index in [1.54, 1.807) is 6.07 Å². The second kappa shape index (κ2) is 8.55. The van der Waals surface area contributed by atoms with Gasteiger partial charge in [-0.2, -0.15) is 5.26 Å². The fraction of sp³-hybridized carbons (Fsp3) is 0.818. The molecule has 0 aliphatic heterocycles. The number of nitriles is 1. The maximum atomic E-state index is 10.9. The highest BCUT2D eigenvalue weighted by Crippen LogP contribution is 2.12. The summed E-state index contributed by atoms with van der Waals surface area (Å²) in [6.45, 7) is 4.71. The Balaban J connectivity index is 3.61. The molecular formula is C11H19NO2. The van der Waals surface area contributed by atoms with Gasteiger partial charge in [0.2, 0.25) is 0 Å². The molecule has 3 nitrogen and oxygen atoms in total. The van der Waals surface area contributed by atoms with Gasteiger partial charge in [-0.15, -0.1) is 0 Å². The van der Waals surface area contributed by atoms with E-state index in [2.05, 4.69) is 13.8 Å². The molecule has 0 aromatic carbocycles. The molecule has 0 aliphatic carbocycles. The molecule has 0 spiro atoms. The summed E-state index contributed by atoms with van der Waals surface area (Å²) in [4.78, 5) is 10.9. The highest BCUT2D eigenvalue weighted by atomic mass is 16.6. The van der Waals surface area contributed by atoms with E-state index in [9.17, 15) is 4.79 Å². The fourth-order valence-electron chi connectivity index (χ4n) is 1.22. The monoisotopic (exact) mass is 200 g/mol. The van der Waals surface area contributed by atoms with Gasteiger partial charge in [0.05, 0.1) is 12.7 Å². The largest absolute Gasteiger partial charge is 0.465 e. The molecule has 0 aromatic heterocycles. The van der Waals surface area contributed by atoms with Crippen molar-refractivity contribution in [1.82, 2.24) is 0 Å². The maximum Gasteiger partial charge on any atom is 0.320 e. The average molecular weight is 200 g/mol. The Kier molecular flexibility index (Phi) is 7.92. The van der Waals surface area contributed by atoms with E-state index >= 15 is 0 Å². The van der Waals surface area contributed by atoms with Crippen molar-refractivity contribution < 1.29 is 9.53 Å². The summed E-state index contributed by atoms with van der Waals surface area (Å²) in [6, 6.07) is 1.78. The fourth-order valence-corrected chi connectivity index (χ4v) is 1.22. The lowest BCUT2D eigenvalue weighted by molar-refractivity contribution is -0.143. The van der Waals surface area contributed by atoms with E-state index in [1.807, 2.05) is 0 Å². The zero-order chi connectivity index (χ0) is 10.8. The third-order valence-corrected chi connectivity index (χ3v) is 2.25. The molecule has 0 radical (unpaired) electrons. The predicted octanol–water partition coefficient (Wildman–Crippen LogP) is 2.66. The first-order chi connectivity index (χ1) is 6.74. The molecule has 0 aromatic rings. The van der Waals surface area contributed by atoms with E-state index in [1.165, 1.54) is 12.8 Å². The zero-order valence-electron chi connectivity index (χ0n) is 9.08. The van der Waals surface area contributed by atoms with E-state index in [4.69, 9.17) is 10.00 Å². The van der Waals surface area contributed by atoms with Gasteiger partial charge >= 0.3 is 5.97 Å². The summed E-state index contributed by atoms with van der Waals surface area (Å²) in [5.41, 5.74) is 0. The molecule has 0 bridgehead atoms. The Morgan fingerprint density at radius 2 is 2.21 bits per heavy atom. The second-order valence-corrected chi connectivity index (χ2v) is 3.43. The van der Waals surface area contributed by atoms with Crippen LogP contribution in [0.5, 0.6) is 0 Å². The quantitative estimate of drug-likeness (QED) is 0.469. The zero-order valence-corrected chi connectivity index (χ0v) is 9.08. The first kappa shape index (κ1) is 13.0. The SMILES string of the molecule is CCCCC(CC)CO[13C](=O)[13CH2][13C]#N. The minimum absolute atomic E-state index is 0.135. The van der Waals surface area contributed by atoms with Gasteiger partial charge in [0.1, 0.15) is 6.42 Å². The van der Waals surface area contributed by atoms with Crippen LogP contribution in [0, 0.1) is 17.2 Å². The van der Waals surface area contributed by atoms with Crippen molar-refractivity contribution in [3.8, 4) is 6.07 Å². The molecular weight excluding hydrogens is 181 g/mol. The second-order valence-electron chi connectivity index (χ2n) is 3.43. The van der Waals surface area contributed by atoms with E-state index in [0.717, 1.165) is 12.8 Å². The summed E-state index contributed by atoms with van der Waals surface area (Å²) >= 11 is 0. The highest BCUT2D eigenvalue weighted by Gasteiger charge is 2.09. The molecule has 80 valence electrons. The van der Waals surface area contributed by atoms with E-state index in [0.29, 0.717) is 12.5 Å². The van der Waals surface area contributed by atoms with Crippen molar-refractivity contribution in [2.45, 2.75) is 46.0 Å². The van der Waals surface area contributed by atoms with Crippen molar-refractivity contribution >= 4 is 5.97 Å². The molecule has 0 fully saturated rings. The van der Waals surface area contributed by atoms with Crippen molar-refractivity contribution in [2.75, 3.05) is 6.61 Å². The number of hydrogen-bond acceptors (Lipinski definition) is 3. The number of rotatable bonds is 7. The number of ether oxygens (including phenoxy) is 1. The van der Waals surface area contributed by atoms with Crippen molar-refractivity contribution in [2.24, 2.45) is 5.92 Å². The number of esters is 1. The maximum absolute atomic E-state index is 10.9. The third-order valence-electron chi connectivity index (χ3n) is 2.25. The van der Waals surface area contributed by atoms with Crippen LogP contribution < -0.4 is 0 Å². The standard InChI is InChI=1S/C11H19NO2/c1-3-5-6-10(4-2)9-14-11(13)7-8-12/h10H,3-7,9H2,1-2H3/i7+1,8+1,11+1. The van der Waals surface area contributed by atoms with Crippen molar-refractivity contribution in [1.29, 1.82) is 5.26 Å². The van der Waals surface area contributed by atoms with Crippen LogP contribution in [0.2, 0.25) is 0 Å². The molecule has 0 N–H and O–H groups in total. The third kappa shape index (κ3) is 6.47. The minimum Gasteiger partial charge on any atom is -0.465 e. The lowest BCUT2D eigenvalue weighted by Gasteiger charge is -2.13. The van der Waals surface area contributed by atoms with Gasteiger partial charge in [-0.3, -0.25) is 4.79 Å². The summed E-state index contributed by atoms with van der Waals surface area (Å²) in [7, 11) is 0. The molecule has 0 heterocycles. The topological polar surface area (TPSA) is 50.1 Å². The van der Waals surface area contributed by atoms with E-state index < -0.39 is 5.97 Å². The van der Waals surface area contributed by atoms with Crippen LogP contribution in [0.3, 0.4) is 0 Å². The summed E-state index contributed by atoms with van der Waals surface area (Å²) in [6.07, 6.45) is 4.34. The molecule has 0 saturated carbocycles. The number of unbranched alkanes of at least 4 members (excludes halogenated alkanes) is 1. The normalized spacial score (nSPS) is 11.8. The number of carbonyl (C=O) groups excluding carboxylic acids is 1. The summed E-state index contributed by atoms with van der Waals surface area (Å²) in [5, 5.41) is 8.25. The molecule has 0 rings (SSSR count). The lowest BCUT2D eigenvalue weighted by Crippen LogP contribution is -2.13. The highest BCUT2D eigenvalue weighted by molar-refractivity contribution is 5.71. The number of hydrogen-bond donors (Lipinski definition) is 0. The van der Waals surface area contributed by atoms with Crippen molar-refractivity contribution in [3.05, 3.63) is 0 Å².